The summed E-state index contributed by atoms with van der Waals surface area (Å²) in [5.74, 6) is -0.624. The number of benzene rings is 2. The molecule has 178 valence electrons. The van der Waals surface area contributed by atoms with Crippen LogP contribution in [0, 0.1) is 6.92 Å². The summed E-state index contributed by atoms with van der Waals surface area (Å²) in [7, 11) is 0. The van der Waals surface area contributed by atoms with Gasteiger partial charge in [0.2, 0.25) is 0 Å². The number of hydrogen-bond donors (Lipinski definition) is 2. The number of carbonyl (C=O) groups is 1. The molecule has 0 radical (unpaired) electrons. The topological polar surface area (TPSA) is 79.5 Å². The van der Waals surface area contributed by atoms with Crippen LogP contribution in [0.3, 0.4) is 0 Å². The average molecular weight is 460 g/mol. The van der Waals surface area contributed by atoms with Gasteiger partial charge >= 0.3 is 5.97 Å². The van der Waals surface area contributed by atoms with Crippen LogP contribution in [0.15, 0.2) is 93.3 Å². The zero-order chi connectivity index (χ0) is 25.4. The summed E-state index contributed by atoms with van der Waals surface area (Å²) in [5.41, 5.74) is 4.20. The molecular formula is C29H33NO4. The van der Waals surface area contributed by atoms with Crippen molar-refractivity contribution in [3.8, 4) is 11.3 Å². The summed E-state index contributed by atoms with van der Waals surface area (Å²) in [6.45, 7) is 15.4. The van der Waals surface area contributed by atoms with Gasteiger partial charge < -0.3 is 14.8 Å². The SMILES string of the molecule is C=C(C(=O)O)/C(=C\C=C(C)C)NC(C)c1cc(C)cc2c(=O)cc(-c3ccccc3)oc12.CC. The van der Waals surface area contributed by atoms with E-state index >= 15 is 0 Å². The molecule has 1 heterocycles. The second-order valence-electron chi connectivity index (χ2n) is 8.05. The van der Waals surface area contributed by atoms with E-state index in [-0.39, 0.29) is 17.0 Å². The molecule has 2 N–H and O–H groups in total. The average Bonchev–Trinajstić information content (AvgIpc) is 2.82. The number of aliphatic carboxylic acids is 1. The third-order valence-electron chi connectivity index (χ3n) is 5.07. The molecule has 5 nitrogen and oxygen atoms in total. The van der Waals surface area contributed by atoms with E-state index in [9.17, 15) is 14.7 Å². The molecule has 0 aliphatic heterocycles. The first-order valence-corrected chi connectivity index (χ1v) is 11.4. The number of allylic oxidation sites excluding steroid dienone is 3. The second-order valence-corrected chi connectivity index (χ2v) is 8.05. The molecule has 5 heteroatoms. The van der Waals surface area contributed by atoms with Crippen LogP contribution in [-0.4, -0.2) is 11.1 Å². The first kappa shape index (κ1) is 26.4. The van der Waals surface area contributed by atoms with Crippen molar-refractivity contribution in [3.63, 3.8) is 0 Å². The first-order valence-electron chi connectivity index (χ1n) is 11.4. The second kappa shape index (κ2) is 11.8. The maximum atomic E-state index is 12.9. The van der Waals surface area contributed by atoms with Crippen molar-refractivity contribution in [1.29, 1.82) is 0 Å². The van der Waals surface area contributed by atoms with Gasteiger partial charge in [0.25, 0.3) is 0 Å². The Bertz CT molecular complexity index is 1290. The van der Waals surface area contributed by atoms with E-state index in [1.807, 2.05) is 90.1 Å². The van der Waals surface area contributed by atoms with Crippen molar-refractivity contribution in [2.75, 3.05) is 0 Å². The molecule has 0 spiro atoms. The number of aryl methyl sites for hydroxylation is 1. The van der Waals surface area contributed by atoms with Crippen LogP contribution in [-0.2, 0) is 4.79 Å². The smallest absolute Gasteiger partial charge is 0.337 e. The molecular weight excluding hydrogens is 426 g/mol. The molecule has 1 aromatic heterocycles. The van der Waals surface area contributed by atoms with Gasteiger partial charge in [0.15, 0.2) is 5.43 Å². The molecule has 0 saturated heterocycles. The monoisotopic (exact) mass is 459 g/mol. The highest BCUT2D eigenvalue weighted by Gasteiger charge is 2.19. The van der Waals surface area contributed by atoms with Gasteiger partial charge in [-0.2, -0.15) is 0 Å². The van der Waals surface area contributed by atoms with E-state index in [2.05, 4.69) is 11.9 Å². The summed E-state index contributed by atoms with van der Waals surface area (Å²) in [5, 5.41) is 13.2. The standard InChI is InChI=1S/C27H27NO4.C2H6/c1-16(2)11-12-23(18(4)27(30)31)28-19(5)21-13-17(3)14-22-24(29)15-25(32-26(21)22)20-9-7-6-8-10-20;1-2/h6-15,19,28H,4H2,1-3,5H3,(H,30,31);1-2H3/b23-12+;. The lowest BCUT2D eigenvalue weighted by Gasteiger charge is -2.20. The van der Waals surface area contributed by atoms with Gasteiger partial charge in [-0.25, -0.2) is 4.79 Å². The van der Waals surface area contributed by atoms with Gasteiger partial charge in [-0.3, -0.25) is 4.79 Å². The Hall–Kier alpha value is -3.86. The number of hydrogen-bond acceptors (Lipinski definition) is 4. The minimum absolute atomic E-state index is 0.0438. The lowest BCUT2D eigenvalue weighted by atomic mass is 10.00. The highest BCUT2D eigenvalue weighted by molar-refractivity contribution is 5.91. The zero-order valence-electron chi connectivity index (χ0n) is 20.7. The van der Waals surface area contributed by atoms with E-state index < -0.39 is 5.97 Å². The molecule has 34 heavy (non-hydrogen) atoms. The Labute approximate surface area is 201 Å². The molecule has 0 fully saturated rings. The Morgan fingerprint density at radius 1 is 1.09 bits per heavy atom. The van der Waals surface area contributed by atoms with Crippen molar-refractivity contribution >= 4 is 16.9 Å². The maximum absolute atomic E-state index is 12.9. The quantitative estimate of drug-likeness (QED) is 0.296. The highest BCUT2D eigenvalue weighted by atomic mass is 16.4. The van der Waals surface area contributed by atoms with Gasteiger partial charge in [0.1, 0.15) is 11.3 Å². The normalized spacial score (nSPS) is 11.8. The van der Waals surface area contributed by atoms with Crippen LogP contribution < -0.4 is 10.7 Å². The highest BCUT2D eigenvalue weighted by Crippen LogP contribution is 2.29. The van der Waals surface area contributed by atoms with Crippen LogP contribution >= 0.6 is 0 Å². The number of carboxylic acid groups (broad SMARTS) is 1. The van der Waals surface area contributed by atoms with Crippen LogP contribution in [0.25, 0.3) is 22.3 Å². The number of carboxylic acids is 1. The van der Waals surface area contributed by atoms with Crippen LogP contribution in [0.4, 0.5) is 0 Å². The van der Waals surface area contributed by atoms with E-state index in [1.165, 1.54) is 6.07 Å². The molecule has 0 aliphatic carbocycles. The minimum atomic E-state index is -1.11. The lowest BCUT2D eigenvalue weighted by Crippen LogP contribution is -2.22. The van der Waals surface area contributed by atoms with Gasteiger partial charge in [0, 0.05) is 22.9 Å². The Morgan fingerprint density at radius 3 is 2.32 bits per heavy atom. The molecule has 0 aliphatic rings. The minimum Gasteiger partial charge on any atom is -0.478 e. The number of nitrogens with one attached hydrogen (secondary N) is 1. The fourth-order valence-electron chi connectivity index (χ4n) is 3.41. The summed E-state index contributed by atoms with van der Waals surface area (Å²) < 4.78 is 6.21. The van der Waals surface area contributed by atoms with Gasteiger partial charge in [-0.1, -0.05) is 68.5 Å². The van der Waals surface area contributed by atoms with Crippen molar-refractivity contribution in [2.45, 2.75) is 47.6 Å². The Balaban J connectivity index is 0.00000199. The predicted molar refractivity (Wildman–Crippen MR) is 140 cm³/mol. The molecule has 1 unspecified atom stereocenters. The van der Waals surface area contributed by atoms with E-state index in [1.54, 1.807) is 6.08 Å². The molecule has 0 saturated carbocycles. The summed E-state index contributed by atoms with van der Waals surface area (Å²) >= 11 is 0. The van der Waals surface area contributed by atoms with Crippen molar-refractivity contribution in [2.24, 2.45) is 0 Å². The van der Waals surface area contributed by atoms with E-state index in [4.69, 9.17) is 4.42 Å². The van der Waals surface area contributed by atoms with Crippen molar-refractivity contribution in [3.05, 3.63) is 105 Å². The molecule has 0 bridgehead atoms. The van der Waals surface area contributed by atoms with Crippen LogP contribution in [0.1, 0.15) is 51.8 Å². The fourth-order valence-corrected chi connectivity index (χ4v) is 3.41. The Kier molecular flexibility index (Phi) is 9.19. The van der Waals surface area contributed by atoms with E-state index in [0.717, 1.165) is 22.3 Å². The maximum Gasteiger partial charge on any atom is 0.337 e. The molecule has 0 amide bonds. The van der Waals surface area contributed by atoms with Crippen molar-refractivity contribution in [1.82, 2.24) is 5.32 Å². The molecule has 2 aromatic carbocycles. The molecule has 3 aromatic rings. The summed E-state index contributed by atoms with van der Waals surface area (Å²) in [6.07, 6.45) is 3.52. The summed E-state index contributed by atoms with van der Waals surface area (Å²) in [6, 6.07) is 14.4. The van der Waals surface area contributed by atoms with E-state index in [0.29, 0.717) is 22.4 Å². The number of rotatable bonds is 7. The number of fused-ring (bicyclic) bond motifs is 1. The fraction of sp³-hybridized carbons (Fsp3) is 0.241. The van der Waals surface area contributed by atoms with Gasteiger partial charge in [-0.15, -0.1) is 0 Å². The Morgan fingerprint density at radius 2 is 1.74 bits per heavy atom. The van der Waals surface area contributed by atoms with Crippen LogP contribution in [0.5, 0.6) is 0 Å². The first-order chi connectivity index (χ1) is 16.2. The van der Waals surface area contributed by atoms with Gasteiger partial charge in [0.05, 0.1) is 17.0 Å². The zero-order valence-corrected chi connectivity index (χ0v) is 20.7. The largest absolute Gasteiger partial charge is 0.478 e. The lowest BCUT2D eigenvalue weighted by molar-refractivity contribution is -0.132. The van der Waals surface area contributed by atoms with Crippen molar-refractivity contribution < 1.29 is 14.3 Å². The van der Waals surface area contributed by atoms with Gasteiger partial charge in [-0.05, 0) is 45.4 Å². The predicted octanol–water partition coefficient (Wildman–Crippen LogP) is 6.94. The summed E-state index contributed by atoms with van der Waals surface area (Å²) in [4.78, 5) is 24.5. The molecule has 1 atom stereocenters. The third kappa shape index (κ3) is 6.35. The third-order valence-corrected chi connectivity index (χ3v) is 5.07. The van der Waals surface area contributed by atoms with Crippen LogP contribution in [0.2, 0.25) is 0 Å². The molecule has 3 rings (SSSR count).